The molecule has 3 nitrogen and oxygen atoms in total. The monoisotopic (exact) mass is 264 g/mol. The summed E-state index contributed by atoms with van der Waals surface area (Å²) in [5.41, 5.74) is 5.67. The summed E-state index contributed by atoms with van der Waals surface area (Å²) in [5, 5.41) is 0. The molecule has 0 spiro atoms. The molecule has 0 radical (unpaired) electrons. The van der Waals surface area contributed by atoms with Crippen molar-refractivity contribution in [1.29, 1.82) is 0 Å². The maximum atomic E-state index is 5.67. The number of furan rings is 1. The van der Waals surface area contributed by atoms with E-state index in [1.165, 1.54) is 13.1 Å². The van der Waals surface area contributed by atoms with Crippen LogP contribution in [0.4, 0.5) is 0 Å². The molecule has 2 fully saturated rings. The van der Waals surface area contributed by atoms with Gasteiger partial charge in [0, 0.05) is 13.1 Å². The Hall–Kier alpha value is -0.220. The third-order valence-corrected chi connectivity index (χ3v) is 3.68. The van der Waals surface area contributed by atoms with Gasteiger partial charge in [0.05, 0.1) is 12.8 Å². The summed E-state index contributed by atoms with van der Waals surface area (Å²) in [7, 11) is 0. The van der Waals surface area contributed by atoms with Gasteiger partial charge in [-0.3, -0.25) is 4.90 Å². The highest BCUT2D eigenvalue weighted by Crippen LogP contribution is 2.51. The summed E-state index contributed by atoms with van der Waals surface area (Å²) >= 11 is 0. The van der Waals surface area contributed by atoms with Crippen LogP contribution >= 0.6 is 24.8 Å². The topological polar surface area (TPSA) is 42.4 Å². The lowest BCUT2D eigenvalue weighted by atomic mass is 10.2. The molecule has 1 aliphatic carbocycles. The second-order valence-corrected chi connectivity index (χ2v) is 4.50. The predicted molar refractivity (Wildman–Crippen MR) is 68.0 cm³/mol. The molecule has 0 aromatic carbocycles. The van der Waals surface area contributed by atoms with Gasteiger partial charge in [0.2, 0.25) is 0 Å². The first-order valence-electron chi connectivity index (χ1n) is 5.33. The van der Waals surface area contributed by atoms with Crippen LogP contribution < -0.4 is 5.73 Å². The van der Waals surface area contributed by atoms with Gasteiger partial charge in [-0.15, -0.1) is 24.8 Å². The zero-order valence-electron chi connectivity index (χ0n) is 9.04. The summed E-state index contributed by atoms with van der Waals surface area (Å²) < 4.78 is 5.33. The van der Waals surface area contributed by atoms with E-state index in [-0.39, 0.29) is 24.8 Å². The van der Waals surface area contributed by atoms with Gasteiger partial charge in [-0.25, -0.2) is 0 Å². The summed E-state index contributed by atoms with van der Waals surface area (Å²) in [4.78, 5) is 2.47. The van der Waals surface area contributed by atoms with Crippen molar-refractivity contribution in [3.8, 4) is 0 Å². The van der Waals surface area contributed by atoms with Crippen molar-refractivity contribution in [2.45, 2.75) is 6.54 Å². The SMILES string of the molecule is Cl.Cl.NCC1[C@H]2CN(Cc3ccco3)C[C@@H]12. The summed E-state index contributed by atoms with van der Waals surface area (Å²) in [5.74, 6) is 3.67. The summed E-state index contributed by atoms with van der Waals surface area (Å²) in [6.45, 7) is 4.28. The van der Waals surface area contributed by atoms with Crippen LogP contribution in [0.15, 0.2) is 22.8 Å². The van der Waals surface area contributed by atoms with Crippen LogP contribution in [0.1, 0.15) is 5.76 Å². The van der Waals surface area contributed by atoms with Gasteiger partial charge in [-0.1, -0.05) is 0 Å². The van der Waals surface area contributed by atoms with Gasteiger partial charge in [-0.05, 0) is 36.4 Å². The Bertz CT molecular complexity index is 306. The predicted octanol–water partition coefficient (Wildman–Crippen LogP) is 1.76. The molecule has 0 bridgehead atoms. The van der Waals surface area contributed by atoms with Crippen LogP contribution in [0.2, 0.25) is 0 Å². The summed E-state index contributed by atoms with van der Waals surface area (Å²) in [6, 6.07) is 4.00. The maximum Gasteiger partial charge on any atom is 0.117 e. The number of hydrogen-bond acceptors (Lipinski definition) is 3. The molecule has 0 amide bonds. The van der Waals surface area contributed by atoms with Crippen LogP contribution in [0.3, 0.4) is 0 Å². The van der Waals surface area contributed by atoms with Gasteiger partial charge in [-0.2, -0.15) is 0 Å². The van der Waals surface area contributed by atoms with Crippen molar-refractivity contribution in [3.63, 3.8) is 0 Å². The Kier molecular flexibility index (Phi) is 4.68. The van der Waals surface area contributed by atoms with Gasteiger partial charge >= 0.3 is 0 Å². The van der Waals surface area contributed by atoms with Gasteiger partial charge in [0.25, 0.3) is 0 Å². The van der Waals surface area contributed by atoms with Crippen molar-refractivity contribution < 1.29 is 4.42 Å². The average molecular weight is 265 g/mol. The standard InChI is InChI=1S/C11H16N2O.2ClH/c12-4-9-10-6-13(7-11(9)10)5-8-2-1-3-14-8;;/h1-3,9-11H,4-7,12H2;2*1H/t9?,10-,11+;;. The van der Waals surface area contributed by atoms with E-state index in [0.717, 1.165) is 36.6 Å². The third-order valence-electron chi connectivity index (χ3n) is 3.68. The van der Waals surface area contributed by atoms with Crippen LogP contribution in [-0.4, -0.2) is 24.5 Å². The molecule has 5 heteroatoms. The molecule has 3 rings (SSSR count). The number of nitrogens with two attached hydrogens (primary N) is 1. The Morgan fingerprint density at radius 1 is 1.31 bits per heavy atom. The Morgan fingerprint density at radius 3 is 2.50 bits per heavy atom. The lowest BCUT2D eigenvalue weighted by molar-refractivity contribution is 0.256. The van der Waals surface area contributed by atoms with Crippen molar-refractivity contribution in [3.05, 3.63) is 24.2 Å². The molecule has 1 saturated carbocycles. The van der Waals surface area contributed by atoms with Crippen LogP contribution in [0.25, 0.3) is 0 Å². The lowest BCUT2D eigenvalue weighted by Crippen LogP contribution is -2.25. The lowest BCUT2D eigenvalue weighted by Gasteiger charge is -2.17. The van der Waals surface area contributed by atoms with E-state index in [1.807, 2.05) is 12.1 Å². The summed E-state index contributed by atoms with van der Waals surface area (Å²) in [6.07, 6.45) is 1.74. The normalized spacial score (nSPS) is 31.4. The van der Waals surface area contributed by atoms with Crippen LogP contribution in [-0.2, 0) is 6.54 Å². The fourth-order valence-corrected chi connectivity index (χ4v) is 2.84. The largest absolute Gasteiger partial charge is 0.468 e. The fraction of sp³-hybridized carbons (Fsp3) is 0.636. The van der Waals surface area contributed by atoms with Crippen molar-refractivity contribution >= 4 is 24.8 Å². The first-order chi connectivity index (χ1) is 6.88. The van der Waals surface area contributed by atoms with Crippen LogP contribution in [0.5, 0.6) is 0 Å². The molecular formula is C11H18Cl2N2O. The minimum absolute atomic E-state index is 0. The molecule has 2 N–H and O–H groups in total. The second kappa shape index (κ2) is 5.41. The molecule has 1 aromatic heterocycles. The molecule has 1 unspecified atom stereocenters. The van der Waals surface area contributed by atoms with E-state index in [0.29, 0.717) is 0 Å². The average Bonchev–Trinajstić information content (AvgIpc) is 2.63. The number of hydrogen-bond donors (Lipinski definition) is 1. The van der Waals surface area contributed by atoms with Gasteiger partial charge in [0.1, 0.15) is 5.76 Å². The molecule has 1 aromatic rings. The van der Waals surface area contributed by atoms with E-state index in [2.05, 4.69) is 4.90 Å². The zero-order valence-corrected chi connectivity index (χ0v) is 10.7. The molecule has 16 heavy (non-hydrogen) atoms. The number of likely N-dealkylation sites (tertiary alicyclic amines) is 1. The van der Waals surface area contributed by atoms with Crippen molar-refractivity contribution in [2.75, 3.05) is 19.6 Å². The van der Waals surface area contributed by atoms with E-state index in [1.54, 1.807) is 6.26 Å². The van der Waals surface area contributed by atoms with Gasteiger partial charge in [0.15, 0.2) is 0 Å². The van der Waals surface area contributed by atoms with Crippen molar-refractivity contribution in [2.24, 2.45) is 23.5 Å². The molecule has 92 valence electrons. The Labute approximate surface area is 108 Å². The van der Waals surface area contributed by atoms with Crippen LogP contribution in [0, 0.1) is 17.8 Å². The highest BCUT2D eigenvalue weighted by molar-refractivity contribution is 5.85. The smallest absolute Gasteiger partial charge is 0.117 e. The molecule has 1 saturated heterocycles. The number of rotatable bonds is 3. The fourth-order valence-electron chi connectivity index (χ4n) is 2.84. The molecule has 1 aliphatic heterocycles. The number of halogens is 2. The van der Waals surface area contributed by atoms with E-state index >= 15 is 0 Å². The highest BCUT2D eigenvalue weighted by Gasteiger charge is 2.54. The zero-order chi connectivity index (χ0) is 9.54. The number of fused-ring (bicyclic) bond motifs is 1. The minimum Gasteiger partial charge on any atom is -0.468 e. The number of piperidine rings is 1. The quantitative estimate of drug-likeness (QED) is 0.905. The second-order valence-electron chi connectivity index (χ2n) is 4.50. The first kappa shape index (κ1) is 13.8. The van der Waals surface area contributed by atoms with Gasteiger partial charge < -0.3 is 10.2 Å². The minimum atomic E-state index is 0. The molecule has 2 heterocycles. The third kappa shape index (κ3) is 2.38. The molecule has 3 atom stereocenters. The van der Waals surface area contributed by atoms with Crippen molar-refractivity contribution in [1.82, 2.24) is 4.90 Å². The number of nitrogens with zero attached hydrogens (tertiary/aromatic N) is 1. The highest BCUT2D eigenvalue weighted by atomic mass is 35.5. The first-order valence-corrected chi connectivity index (χ1v) is 5.33. The van der Waals surface area contributed by atoms with E-state index in [4.69, 9.17) is 10.2 Å². The molecule has 2 aliphatic rings. The Balaban J connectivity index is 0.000000640. The van der Waals surface area contributed by atoms with E-state index < -0.39 is 0 Å². The Morgan fingerprint density at radius 2 is 2.00 bits per heavy atom. The molecular weight excluding hydrogens is 247 g/mol. The van der Waals surface area contributed by atoms with E-state index in [9.17, 15) is 0 Å². The maximum absolute atomic E-state index is 5.67.